The van der Waals surface area contributed by atoms with Crippen molar-refractivity contribution in [2.75, 3.05) is 24.5 Å². The van der Waals surface area contributed by atoms with Gasteiger partial charge in [0.25, 0.3) is 15.6 Å². The largest absolute Gasteiger partial charge is 0.493 e. The summed E-state index contributed by atoms with van der Waals surface area (Å²) in [6, 6.07) is 13.9. The van der Waals surface area contributed by atoms with E-state index < -0.39 is 21.5 Å². The molecule has 13 heteroatoms. The number of nitrogens with one attached hydrogen (secondary N) is 1. The van der Waals surface area contributed by atoms with E-state index in [9.17, 15) is 23.6 Å². The Morgan fingerprint density at radius 3 is 2.53 bits per heavy atom. The highest BCUT2D eigenvalue weighted by Crippen LogP contribution is 2.32. The Hall–Kier alpha value is -3.70. The summed E-state index contributed by atoms with van der Waals surface area (Å²) < 4.78 is 33.8. The summed E-state index contributed by atoms with van der Waals surface area (Å²) in [5.74, 6) is -0.498. The number of pyridine rings is 1. The van der Waals surface area contributed by atoms with Crippen molar-refractivity contribution in [2.24, 2.45) is 10.2 Å². The molecule has 0 spiro atoms. The summed E-state index contributed by atoms with van der Waals surface area (Å²) in [7, 11) is -3.86. The van der Waals surface area contributed by atoms with Crippen molar-refractivity contribution in [2.45, 2.75) is 23.3 Å². The highest BCUT2D eigenvalue weighted by Gasteiger charge is 2.19. The fourth-order valence-electron chi connectivity index (χ4n) is 3.17. The van der Waals surface area contributed by atoms with Crippen LogP contribution in [0.1, 0.15) is 11.1 Å². The molecule has 0 atom stereocenters. The SMILES string of the molecule is Cc1c(/N=N/c2ccc(S(=O)(=O)Nc3cccc(S)c3)cc2)c(O)n(CCOCCO)c(=O)c1C#N. The summed E-state index contributed by atoms with van der Waals surface area (Å²) in [4.78, 5) is 13.1. The summed E-state index contributed by atoms with van der Waals surface area (Å²) in [5.41, 5.74) is -0.217. The molecule has 1 aromatic heterocycles. The van der Waals surface area contributed by atoms with Gasteiger partial charge in [0.15, 0.2) is 5.69 Å². The fraction of sp³-hybridized carbons (Fsp3) is 0.217. The fourth-order valence-corrected chi connectivity index (χ4v) is 4.44. The topological polar surface area (TPSA) is 166 Å². The van der Waals surface area contributed by atoms with Crippen LogP contribution in [-0.2, 0) is 21.3 Å². The van der Waals surface area contributed by atoms with Crippen LogP contribution in [-0.4, -0.2) is 43.0 Å². The van der Waals surface area contributed by atoms with Crippen LogP contribution < -0.4 is 10.3 Å². The van der Waals surface area contributed by atoms with Gasteiger partial charge in [-0.2, -0.15) is 10.4 Å². The van der Waals surface area contributed by atoms with Crippen molar-refractivity contribution >= 4 is 39.7 Å². The van der Waals surface area contributed by atoms with Gasteiger partial charge in [0.2, 0.25) is 5.88 Å². The van der Waals surface area contributed by atoms with Gasteiger partial charge in [-0.3, -0.25) is 14.1 Å². The summed E-state index contributed by atoms with van der Waals surface area (Å²) in [6.45, 7) is 1.26. The van der Waals surface area contributed by atoms with Gasteiger partial charge >= 0.3 is 0 Å². The number of thiol groups is 1. The Labute approximate surface area is 212 Å². The van der Waals surface area contributed by atoms with Crippen LogP contribution in [0.2, 0.25) is 0 Å². The molecule has 36 heavy (non-hydrogen) atoms. The summed E-state index contributed by atoms with van der Waals surface area (Å²) >= 11 is 4.19. The van der Waals surface area contributed by atoms with Crippen LogP contribution in [0, 0.1) is 18.3 Å². The maximum Gasteiger partial charge on any atom is 0.271 e. The lowest BCUT2D eigenvalue weighted by Crippen LogP contribution is -2.26. The number of nitrogens with zero attached hydrogens (tertiary/aromatic N) is 4. The molecule has 0 aliphatic rings. The standard InChI is InChI=1S/C23H23N5O6S2/c1-15-20(14-24)22(30)28(9-11-34-12-10-29)23(31)21(15)26-25-16-5-7-19(8-6-16)36(32,33)27-17-3-2-4-18(35)13-17/h2-8,13,27,29,31,35H,9-12H2,1H3/b26-25+. The zero-order chi connectivity index (χ0) is 26.3. The lowest BCUT2D eigenvalue weighted by molar-refractivity contribution is 0.0854. The number of aliphatic hydroxyl groups excluding tert-OH is 1. The van der Waals surface area contributed by atoms with Crippen molar-refractivity contribution in [1.29, 1.82) is 5.26 Å². The second-order valence-electron chi connectivity index (χ2n) is 7.43. The van der Waals surface area contributed by atoms with Crippen LogP contribution in [0.25, 0.3) is 0 Å². The minimum absolute atomic E-state index is 0.00626. The quantitative estimate of drug-likeness (QED) is 0.178. The third-order valence-electron chi connectivity index (χ3n) is 4.97. The van der Waals surface area contributed by atoms with Crippen molar-refractivity contribution < 1.29 is 23.4 Å². The maximum atomic E-state index is 12.6. The average Bonchev–Trinajstić information content (AvgIpc) is 2.84. The van der Waals surface area contributed by atoms with E-state index in [1.54, 1.807) is 24.3 Å². The first-order valence-corrected chi connectivity index (χ1v) is 12.5. The lowest BCUT2D eigenvalue weighted by Gasteiger charge is -2.13. The van der Waals surface area contributed by atoms with Crippen LogP contribution >= 0.6 is 12.6 Å². The number of anilines is 1. The first kappa shape index (κ1) is 26.9. The van der Waals surface area contributed by atoms with Gasteiger partial charge in [-0.1, -0.05) is 6.07 Å². The minimum Gasteiger partial charge on any atom is -0.493 e. The molecule has 188 valence electrons. The van der Waals surface area contributed by atoms with Crippen molar-refractivity contribution in [3.8, 4) is 11.9 Å². The molecule has 0 fully saturated rings. The van der Waals surface area contributed by atoms with Crippen LogP contribution in [0.4, 0.5) is 17.1 Å². The van der Waals surface area contributed by atoms with E-state index in [1.165, 1.54) is 31.2 Å². The molecule has 0 saturated heterocycles. The first-order chi connectivity index (χ1) is 17.2. The molecule has 0 unspecified atom stereocenters. The number of ether oxygens (including phenoxy) is 1. The third kappa shape index (κ3) is 6.29. The molecular weight excluding hydrogens is 506 g/mol. The predicted octanol–water partition coefficient (Wildman–Crippen LogP) is 3.25. The van der Waals surface area contributed by atoms with Crippen LogP contribution in [0.3, 0.4) is 0 Å². The molecule has 3 N–H and O–H groups in total. The molecule has 11 nitrogen and oxygen atoms in total. The van der Waals surface area contributed by atoms with E-state index >= 15 is 0 Å². The second-order valence-corrected chi connectivity index (χ2v) is 9.63. The normalized spacial score (nSPS) is 11.5. The first-order valence-electron chi connectivity index (χ1n) is 10.6. The van der Waals surface area contributed by atoms with Gasteiger partial charge in [-0.25, -0.2) is 8.42 Å². The molecule has 0 aliphatic heterocycles. The molecule has 3 aromatic rings. The molecule has 2 aromatic carbocycles. The summed E-state index contributed by atoms with van der Waals surface area (Å²) in [5, 5.41) is 36.9. The molecule has 0 saturated carbocycles. The molecule has 0 radical (unpaired) electrons. The van der Waals surface area contributed by atoms with E-state index in [0.717, 1.165) is 4.57 Å². The van der Waals surface area contributed by atoms with E-state index in [2.05, 4.69) is 27.6 Å². The zero-order valence-corrected chi connectivity index (χ0v) is 20.8. The third-order valence-corrected chi connectivity index (χ3v) is 6.65. The Morgan fingerprint density at radius 1 is 1.17 bits per heavy atom. The number of hydrogen-bond donors (Lipinski definition) is 4. The minimum atomic E-state index is -3.86. The highest BCUT2D eigenvalue weighted by molar-refractivity contribution is 7.92. The average molecular weight is 530 g/mol. The van der Waals surface area contributed by atoms with Gasteiger partial charge in [0.05, 0.1) is 36.9 Å². The number of nitriles is 1. The number of benzene rings is 2. The Bertz CT molecular complexity index is 1480. The molecule has 0 bridgehead atoms. The number of hydrogen-bond acceptors (Lipinski definition) is 10. The Morgan fingerprint density at radius 2 is 1.89 bits per heavy atom. The van der Waals surface area contributed by atoms with E-state index in [4.69, 9.17) is 9.84 Å². The van der Waals surface area contributed by atoms with Gasteiger partial charge in [0.1, 0.15) is 11.6 Å². The predicted molar refractivity (Wildman–Crippen MR) is 135 cm³/mol. The number of aliphatic hydroxyl groups is 1. The number of aromatic nitrogens is 1. The molecular formula is C23H23N5O6S2. The van der Waals surface area contributed by atoms with Crippen LogP contribution in [0.5, 0.6) is 5.88 Å². The van der Waals surface area contributed by atoms with E-state index in [0.29, 0.717) is 10.6 Å². The van der Waals surface area contributed by atoms with Crippen LogP contribution in [0.15, 0.2) is 73.3 Å². The van der Waals surface area contributed by atoms with Gasteiger partial charge in [-0.15, -0.1) is 17.7 Å². The highest BCUT2D eigenvalue weighted by atomic mass is 32.2. The second kappa shape index (κ2) is 11.8. The summed E-state index contributed by atoms with van der Waals surface area (Å²) in [6.07, 6.45) is 0. The van der Waals surface area contributed by atoms with Gasteiger partial charge in [-0.05, 0) is 49.4 Å². The lowest BCUT2D eigenvalue weighted by atomic mass is 10.1. The Balaban J connectivity index is 1.86. The smallest absolute Gasteiger partial charge is 0.271 e. The number of sulfonamides is 1. The van der Waals surface area contributed by atoms with Crippen molar-refractivity contribution in [3.63, 3.8) is 0 Å². The molecule has 3 rings (SSSR count). The van der Waals surface area contributed by atoms with E-state index in [-0.39, 0.29) is 53.8 Å². The van der Waals surface area contributed by atoms with Gasteiger partial charge < -0.3 is 14.9 Å². The molecule has 0 aliphatic carbocycles. The zero-order valence-electron chi connectivity index (χ0n) is 19.1. The number of aromatic hydroxyl groups is 1. The van der Waals surface area contributed by atoms with Crippen molar-refractivity contribution in [3.05, 3.63) is 70.0 Å². The van der Waals surface area contributed by atoms with Crippen molar-refractivity contribution in [1.82, 2.24) is 4.57 Å². The Kier molecular flexibility index (Phi) is 8.83. The number of azo groups is 1. The van der Waals surface area contributed by atoms with Gasteiger partial charge in [0, 0.05) is 16.1 Å². The molecule has 1 heterocycles. The number of rotatable bonds is 10. The molecule has 0 amide bonds. The monoisotopic (exact) mass is 529 g/mol. The maximum absolute atomic E-state index is 12.6. The van der Waals surface area contributed by atoms with E-state index in [1.807, 2.05) is 6.07 Å².